The number of aryl methyl sites for hydroxylation is 1. The number of anilines is 1. The van der Waals surface area contributed by atoms with Gasteiger partial charge in [-0.15, -0.1) is 0 Å². The van der Waals surface area contributed by atoms with E-state index in [1.54, 1.807) is 30.0 Å². The molecular formula is C33H46F3N9O3. The van der Waals surface area contributed by atoms with E-state index in [-0.39, 0.29) is 47.4 Å². The molecule has 2 aromatic rings. The van der Waals surface area contributed by atoms with Crippen LogP contribution in [0.25, 0.3) is 5.57 Å². The third-order valence-electron chi connectivity index (χ3n) is 8.52. The Morgan fingerprint density at radius 3 is 2.31 bits per heavy atom. The first-order valence-corrected chi connectivity index (χ1v) is 16.1. The Hall–Kier alpha value is -4.21. The number of aromatic nitrogens is 2. The molecule has 48 heavy (non-hydrogen) atoms. The van der Waals surface area contributed by atoms with E-state index in [4.69, 9.17) is 0 Å². The summed E-state index contributed by atoms with van der Waals surface area (Å²) in [7, 11) is 1.43. The van der Waals surface area contributed by atoms with Gasteiger partial charge in [-0.1, -0.05) is 13.2 Å². The minimum atomic E-state index is -4.70. The van der Waals surface area contributed by atoms with Crippen molar-refractivity contribution in [1.82, 2.24) is 40.8 Å². The van der Waals surface area contributed by atoms with Gasteiger partial charge in [0.2, 0.25) is 5.91 Å². The van der Waals surface area contributed by atoms with Crippen molar-refractivity contribution >= 4 is 29.0 Å². The molecule has 0 bridgehead atoms. The van der Waals surface area contributed by atoms with Gasteiger partial charge in [0.1, 0.15) is 6.04 Å². The van der Waals surface area contributed by atoms with Crippen LogP contribution in [0.2, 0.25) is 0 Å². The van der Waals surface area contributed by atoms with Crippen molar-refractivity contribution in [3.8, 4) is 0 Å². The predicted octanol–water partition coefficient (Wildman–Crippen LogP) is 2.81. The summed E-state index contributed by atoms with van der Waals surface area (Å²) >= 11 is 0. The summed E-state index contributed by atoms with van der Waals surface area (Å²) in [6, 6.07) is 2.78. The van der Waals surface area contributed by atoms with Crippen LogP contribution in [0.3, 0.4) is 0 Å². The zero-order valence-corrected chi connectivity index (χ0v) is 28.0. The molecule has 262 valence electrons. The lowest BCUT2D eigenvalue weighted by molar-refractivity contribution is -0.144. The van der Waals surface area contributed by atoms with E-state index in [2.05, 4.69) is 44.9 Å². The second-order valence-corrected chi connectivity index (χ2v) is 12.6. The lowest BCUT2D eigenvalue weighted by Gasteiger charge is -2.37. The Bertz CT molecular complexity index is 1510. The molecule has 1 atom stereocenters. The molecule has 2 saturated heterocycles. The Balaban J connectivity index is 1.36. The van der Waals surface area contributed by atoms with Crippen LogP contribution < -0.4 is 26.8 Å². The number of rotatable bonds is 12. The predicted molar refractivity (Wildman–Crippen MR) is 178 cm³/mol. The largest absolute Gasteiger partial charge is 0.409 e. The average molecular weight is 674 g/mol. The van der Waals surface area contributed by atoms with E-state index >= 15 is 0 Å². The first kappa shape index (κ1) is 36.6. The molecule has 2 aliphatic heterocycles. The minimum absolute atomic E-state index is 0.0191. The highest BCUT2D eigenvalue weighted by molar-refractivity contribution is 6.03. The molecule has 1 aromatic carbocycles. The number of alkyl halides is 3. The van der Waals surface area contributed by atoms with Crippen molar-refractivity contribution in [3.05, 3.63) is 65.9 Å². The maximum Gasteiger partial charge on any atom is 0.409 e. The number of carbonyl (C=O) groups excluding carboxylic acids is 3. The molecule has 5 N–H and O–H groups in total. The average Bonchev–Trinajstić information content (AvgIpc) is 3.43. The molecule has 1 aromatic heterocycles. The second kappa shape index (κ2) is 15.8. The van der Waals surface area contributed by atoms with Crippen LogP contribution in [0, 0.1) is 12.8 Å². The monoisotopic (exact) mass is 673 g/mol. The standard InChI is InChI=1S/C33H46F3N9O3/c1-20(2)40-22(4)18-39-42-28(33(34,35)36)23(5)27-19-38-29(43(27)6)30(46)41-25-7-8-26(21(3)17-25)32(48)45-15-13-44(14-16-45)31(47)24-9-11-37-12-10-24/h7-8,17,19-20,24,28,37,39-40,42H,4-5,9-16,18H2,1-3,6H3,(H,41,46). The van der Waals surface area contributed by atoms with Crippen LogP contribution in [-0.2, 0) is 11.8 Å². The van der Waals surface area contributed by atoms with Gasteiger partial charge in [-0.3, -0.25) is 19.8 Å². The van der Waals surface area contributed by atoms with E-state index in [0.717, 1.165) is 25.9 Å². The van der Waals surface area contributed by atoms with Gasteiger partial charge in [-0.05, 0) is 76.0 Å². The van der Waals surface area contributed by atoms with Crippen LogP contribution >= 0.6 is 0 Å². The maximum absolute atomic E-state index is 14.0. The van der Waals surface area contributed by atoms with Crippen molar-refractivity contribution < 1.29 is 27.6 Å². The molecule has 0 saturated carbocycles. The van der Waals surface area contributed by atoms with Crippen molar-refractivity contribution in [3.63, 3.8) is 0 Å². The number of hydrogen-bond donors (Lipinski definition) is 5. The summed E-state index contributed by atoms with van der Waals surface area (Å²) in [6.45, 7) is 16.5. The van der Waals surface area contributed by atoms with E-state index < -0.39 is 18.1 Å². The molecular weight excluding hydrogens is 627 g/mol. The fourth-order valence-corrected chi connectivity index (χ4v) is 5.95. The fraction of sp³-hybridized carbons (Fsp3) is 0.515. The van der Waals surface area contributed by atoms with Crippen LogP contribution in [0.15, 0.2) is 43.3 Å². The molecule has 12 nitrogen and oxygen atoms in total. The number of imidazole rings is 1. The molecule has 2 fully saturated rings. The molecule has 0 spiro atoms. The SMILES string of the molecule is C=C(CNNC(C(=C)c1cnc(C(=O)Nc2ccc(C(=O)N3CCN(C(=O)C4CCNCC4)CC3)c(C)c2)n1C)C(F)(F)F)NC(C)C. The number of nitrogens with one attached hydrogen (secondary N) is 5. The quantitative estimate of drug-likeness (QED) is 0.217. The Kier molecular flexibility index (Phi) is 12.0. The maximum atomic E-state index is 14.0. The Morgan fingerprint density at radius 1 is 1.06 bits per heavy atom. The topological polar surface area (TPSA) is 136 Å². The molecule has 1 unspecified atom stereocenters. The van der Waals surface area contributed by atoms with Gasteiger partial charge < -0.3 is 30.3 Å². The fourth-order valence-electron chi connectivity index (χ4n) is 5.95. The highest BCUT2D eigenvalue weighted by Crippen LogP contribution is 2.30. The highest BCUT2D eigenvalue weighted by atomic mass is 19.4. The summed E-state index contributed by atoms with van der Waals surface area (Å²) in [4.78, 5) is 47.0. The number of hydrazine groups is 1. The van der Waals surface area contributed by atoms with Gasteiger partial charge in [-0.25, -0.2) is 10.4 Å². The summed E-state index contributed by atoms with van der Waals surface area (Å²) in [6.07, 6.45) is -1.86. The van der Waals surface area contributed by atoms with Gasteiger partial charge in [0.05, 0.1) is 11.9 Å². The molecule has 15 heteroatoms. The number of amides is 3. The Labute approximate surface area is 279 Å². The molecule has 3 amide bonds. The number of nitrogens with zero attached hydrogens (tertiary/aromatic N) is 4. The molecule has 3 heterocycles. The van der Waals surface area contributed by atoms with Crippen molar-refractivity contribution in [2.24, 2.45) is 13.0 Å². The molecule has 2 aliphatic rings. The van der Waals surface area contributed by atoms with Crippen molar-refractivity contribution in [1.29, 1.82) is 0 Å². The van der Waals surface area contributed by atoms with Gasteiger partial charge in [0.25, 0.3) is 11.8 Å². The van der Waals surface area contributed by atoms with Gasteiger partial charge in [0, 0.05) is 68.7 Å². The molecule has 0 aliphatic carbocycles. The summed E-state index contributed by atoms with van der Waals surface area (Å²) in [5.41, 5.74) is 6.51. The van der Waals surface area contributed by atoms with Crippen molar-refractivity contribution in [2.75, 3.05) is 51.1 Å². The van der Waals surface area contributed by atoms with Crippen LogP contribution in [0.4, 0.5) is 18.9 Å². The smallest absolute Gasteiger partial charge is 0.386 e. The summed E-state index contributed by atoms with van der Waals surface area (Å²) in [5.74, 6) is -0.724. The summed E-state index contributed by atoms with van der Waals surface area (Å²) in [5, 5.41) is 9.00. The summed E-state index contributed by atoms with van der Waals surface area (Å²) < 4.78 is 43.2. The zero-order valence-electron chi connectivity index (χ0n) is 28.0. The van der Waals surface area contributed by atoms with Crippen LogP contribution in [-0.4, -0.2) is 101 Å². The molecule has 0 radical (unpaired) electrons. The van der Waals surface area contributed by atoms with Crippen molar-refractivity contribution in [2.45, 2.75) is 51.9 Å². The number of halogens is 3. The lowest BCUT2D eigenvalue weighted by Crippen LogP contribution is -2.52. The highest BCUT2D eigenvalue weighted by Gasteiger charge is 2.42. The van der Waals surface area contributed by atoms with Crippen LogP contribution in [0.1, 0.15) is 58.9 Å². The first-order chi connectivity index (χ1) is 22.7. The van der Waals surface area contributed by atoms with Gasteiger partial charge >= 0.3 is 6.18 Å². The number of hydrogen-bond acceptors (Lipinski definition) is 8. The number of piperidine rings is 1. The molecule has 4 rings (SSSR count). The van der Waals surface area contributed by atoms with E-state index in [1.165, 1.54) is 17.8 Å². The van der Waals surface area contributed by atoms with E-state index in [9.17, 15) is 27.6 Å². The lowest BCUT2D eigenvalue weighted by atomic mass is 9.96. The second-order valence-electron chi connectivity index (χ2n) is 12.6. The zero-order chi connectivity index (χ0) is 35.2. The number of benzene rings is 1. The van der Waals surface area contributed by atoms with Gasteiger partial charge in [0.15, 0.2) is 5.82 Å². The third-order valence-corrected chi connectivity index (χ3v) is 8.52. The number of piperazine rings is 1. The van der Waals surface area contributed by atoms with Gasteiger partial charge in [-0.2, -0.15) is 13.2 Å². The third kappa shape index (κ3) is 9.02. The first-order valence-electron chi connectivity index (χ1n) is 16.1. The minimum Gasteiger partial charge on any atom is -0.386 e. The van der Waals surface area contributed by atoms with Crippen LogP contribution in [0.5, 0.6) is 0 Å². The van der Waals surface area contributed by atoms with E-state index in [0.29, 0.717) is 48.7 Å². The number of carbonyl (C=O) groups is 3. The Morgan fingerprint density at radius 2 is 1.71 bits per heavy atom. The van der Waals surface area contributed by atoms with E-state index in [1.807, 2.05) is 18.7 Å². The normalized spacial score (nSPS) is 16.5.